The first-order chi connectivity index (χ1) is 12.5. The molecular weight excluding hydrogens is 328 g/mol. The van der Waals surface area contributed by atoms with E-state index in [1.165, 1.54) is 31.3 Å². The van der Waals surface area contributed by atoms with E-state index in [-0.39, 0.29) is 24.5 Å². The molecule has 3 aliphatic rings. The topological polar surface area (TPSA) is 77.8 Å². The van der Waals surface area contributed by atoms with Crippen molar-refractivity contribution >= 4 is 5.97 Å². The van der Waals surface area contributed by atoms with Crippen LogP contribution >= 0.6 is 0 Å². The summed E-state index contributed by atoms with van der Waals surface area (Å²) in [6, 6.07) is 0. The summed E-state index contributed by atoms with van der Waals surface area (Å²) in [4.78, 5) is 10.6. The largest absolute Gasteiger partial charge is 0.481 e. The predicted molar refractivity (Wildman–Crippen MR) is 102 cm³/mol. The van der Waals surface area contributed by atoms with Gasteiger partial charge in [0.1, 0.15) is 0 Å². The molecule has 0 aliphatic heterocycles. The van der Waals surface area contributed by atoms with E-state index in [1.54, 1.807) is 0 Å². The van der Waals surface area contributed by atoms with E-state index >= 15 is 0 Å². The van der Waals surface area contributed by atoms with Crippen LogP contribution in [0.15, 0.2) is 23.8 Å². The number of carboxylic acids is 1. The minimum Gasteiger partial charge on any atom is -0.481 e. The highest BCUT2D eigenvalue weighted by molar-refractivity contribution is 5.66. The summed E-state index contributed by atoms with van der Waals surface area (Å²) >= 11 is 0. The predicted octanol–water partition coefficient (Wildman–Crippen LogP) is 4.07. The van der Waals surface area contributed by atoms with E-state index in [1.807, 2.05) is 6.08 Å². The number of hydrogen-bond acceptors (Lipinski definition) is 3. The lowest BCUT2D eigenvalue weighted by molar-refractivity contribution is -0.137. The van der Waals surface area contributed by atoms with Gasteiger partial charge in [-0.25, -0.2) is 0 Å². The Hall–Kier alpha value is -1.13. The molecule has 2 fully saturated rings. The van der Waals surface area contributed by atoms with Gasteiger partial charge in [-0.1, -0.05) is 49.5 Å². The lowest BCUT2D eigenvalue weighted by Crippen LogP contribution is -2.18. The van der Waals surface area contributed by atoms with E-state index in [0.717, 1.165) is 38.5 Å². The summed E-state index contributed by atoms with van der Waals surface area (Å²) in [5.41, 5.74) is 1.43. The molecule has 146 valence electrons. The summed E-state index contributed by atoms with van der Waals surface area (Å²) in [6.07, 6.45) is 16.3. The molecule has 3 N–H and O–H groups in total. The van der Waals surface area contributed by atoms with Crippen molar-refractivity contribution in [2.24, 2.45) is 23.7 Å². The maximum absolute atomic E-state index is 10.6. The van der Waals surface area contributed by atoms with Gasteiger partial charge in [-0.3, -0.25) is 4.79 Å². The second kappa shape index (κ2) is 9.18. The number of unbranched alkanes of at least 4 members (excludes halogenated alkanes) is 1. The minimum absolute atomic E-state index is 0.144. The highest BCUT2D eigenvalue weighted by Gasteiger charge is 2.43. The van der Waals surface area contributed by atoms with Gasteiger partial charge in [0.25, 0.3) is 0 Å². The lowest BCUT2D eigenvalue weighted by atomic mass is 9.88. The second-order valence-electron chi connectivity index (χ2n) is 8.68. The third-order valence-electron chi connectivity index (χ3n) is 6.69. The number of aliphatic hydroxyl groups excluding tert-OH is 2. The summed E-state index contributed by atoms with van der Waals surface area (Å²) in [5.74, 6) is 0.995. The van der Waals surface area contributed by atoms with Crippen LogP contribution in [-0.2, 0) is 4.79 Å². The number of carboxylic acid groups (broad SMARTS) is 1. The highest BCUT2D eigenvalue weighted by Crippen LogP contribution is 2.48. The molecule has 0 spiro atoms. The third-order valence-corrected chi connectivity index (χ3v) is 6.69. The number of hydrogen-bond donors (Lipinski definition) is 3. The van der Waals surface area contributed by atoms with E-state index in [9.17, 15) is 15.0 Å². The molecule has 0 aromatic heterocycles. The van der Waals surface area contributed by atoms with Gasteiger partial charge < -0.3 is 15.3 Å². The summed E-state index contributed by atoms with van der Waals surface area (Å²) < 4.78 is 0. The van der Waals surface area contributed by atoms with Crippen molar-refractivity contribution in [3.05, 3.63) is 23.8 Å². The number of allylic oxidation sites excluding steroid dienone is 2. The Morgan fingerprint density at radius 2 is 2.04 bits per heavy atom. The molecule has 0 radical (unpaired) electrons. The van der Waals surface area contributed by atoms with Crippen molar-refractivity contribution in [3.63, 3.8) is 0 Å². The molecule has 0 bridgehead atoms. The van der Waals surface area contributed by atoms with Crippen LogP contribution < -0.4 is 0 Å². The van der Waals surface area contributed by atoms with E-state index in [2.05, 4.69) is 12.2 Å². The third kappa shape index (κ3) is 5.20. The number of carbonyl (C=O) groups is 1. The standard InChI is InChI=1S/C22H34O4/c23-18(12-15-5-1-2-6-15)9-10-19-20-13-16(7-3-4-8-22(25)26)11-17(20)14-21(19)24/h9-11,15,17-21,23-24H,1-8,12-14H2,(H,25,26)/b10-9+/t17-,18+,19+,20-,21+/m0/s1. The van der Waals surface area contributed by atoms with Crippen LogP contribution in [0.1, 0.15) is 70.6 Å². The second-order valence-corrected chi connectivity index (χ2v) is 8.68. The Morgan fingerprint density at radius 3 is 2.77 bits per heavy atom. The average Bonchev–Trinajstić information content (AvgIpc) is 3.27. The smallest absolute Gasteiger partial charge is 0.303 e. The van der Waals surface area contributed by atoms with Crippen molar-refractivity contribution in [3.8, 4) is 0 Å². The zero-order valence-corrected chi connectivity index (χ0v) is 15.7. The van der Waals surface area contributed by atoms with Crippen LogP contribution in [-0.4, -0.2) is 33.5 Å². The molecule has 5 atom stereocenters. The Labute approximate surface area is 157 Å². The van der Waals surface area contributed by atoms with Crippen molar-refractivity contribution in [2.45, 2.75) is 82.8 Å². The molecule has 3 rings (SSSR count). The van der Waals surface area contributed by atoms with E-state index < -0.39 is 5.97 Å². The maximum Gasteiger partial charge on any atom is 0.303 e. The maximum atomic E-state index is 10.6. The first-order valence-electron chi connectivity index (χ1n) is 10.5. The van der Waals surface area contributed by atoms with Crippen LogP contribution in [0.3, 0.4) is 0 Å². The number of aliphatic hydroxyl groups is 2. The summed E-state index contributed by atoms with van der Waals surface area (Å²) in [5, 5.41) is 29.5. The number of fused-ring (bicyclic) bond motifs is 1. The lowest BCUT2D eigenvalue weighted by Gasteiger charge is -2.19. The zero-order chi connectivity index (χ0) is 18.5. The molecule has 4 nitrogen and oxygen atoms in total. The quantitative estimate of drug-likeness (QED) is 0.427. The summed E-state index contributed by atoms with van der Waals surface area (Å²) in [7, 11) is 0. The SMILES string of the molecule is O=C(O)CCCCC1=C[C@H]2C[C@@H](O)[C@H](/C=C/[C@@H](O)CC3CCCC3)[C@H]2C1. The molecule has 3 aliphatic carbocycles. The van der Waals surface area contributed by atoms with Gasteiger partial charge in [0.2, 0.25) is 0 Å². The number of aliphatic carboxylic acids is 1. The molecule has 2 saturated carbocycles. The summed E-state index contributed by atoms with van der Waals surface area (Å²) in [6.45, 7) is 0. The van der Waals surface area contributed by atoms with Gasteiger partial charge in [0.05, 0.1) is 12.2 Å². The molecule has 0 aromatic rings. The van der Waals surface area contributed by atoms with Crippen LogP contribution in [0.5, 0.6) is 0 Å². The zero-order valence-electron chi connectivity index (χ0n) is 15.7. The number of rotatable bonds is 9. The fourth-order valence-electron chi connectivity index (χ4n) is 5.34. The van der Waals surface area contributed by atoms with Gasteiger partial charge in [-0.05, 0) is 56.3 Å². The van der Waals surface area contributed by atoms with Crippen molar-refractivity contribution in [1.29, 1.82) is 0 Å². The average molecular weight is 363 g/mol. The Bertz CT molecular complexity index is 532. The Morgan fingerprint density at radius 1 is 1.27 bits per heavy atom. The van der Waals surface area contributed by atoms with Crippen LogP contribution in [0, 0.1) is 23.7 Å². The minimum atomic E-state index is -0.716. The molecule has 0 unspecified atom stereocenters. The van der Waals surface area contributed by atoms with E-state index in [0.29, 0.717) is 17.8 Å². The van der Waals surface area contributed by atoms with Crippen LogP contribution in [0.4, 0.5) is 0 Å². The molecule has 26 heavy (non-hydrogen) atoms. The van der Waals surface area contributed by atoms with Gasteiger partial charge in [0.15, 0.2) is 0 Å². The molecule has 0 heterocycles. The fourth-order valence-corrected chi connectivity index (χ4v) is 5.34. The monoisotopic (exact) mass is 362 g/mol. The molecule has 0 aromatic carbocycles. The van der Waals surface area contributed by atoms with Crippen LogP contribution in [0.2, 0.25) is 0 Å². The van der Waals surface area contributed by atoms with Gasteiger partial charge in [-0.15, -0.1) is 0 Å². The fraction of sp³-hybridized carbons (Fsp3) is 0.773. The normalized spacial score (nSPS) is 32.9. The first kappa shape index (κ1) is 19.6. The van der Waals surface area contributed by atoms with E-state index in [4.69, 9.17) is 5.11 Å². The first-order valence-corrected chi connectivity index (χ1v) is 10.5. The van der Waals surface area contributed by atoms with Crippen LogP contribution in [0.25, 0.3) is 0 Å². The van der Waals surface area contributed by atoms with Crippen molar-refractivity contribution in [2.75, 3.05) is 0 Å². The van der Waals surface area contributed by atoms with Crippen molar-refractivity contribution < 1.29 is 20.1 Å². The van der Waals surface area contributed by atoms with Crippen molar-refractivity contribution in [1.82, 2.24) is 0 Å². The molecular formula is C22H34O4. The highest BCUT2D eigenvalue weighted by atomic mass is 16.4. The molecule has 0 amide bonds. The van der Waals surface area contributed by atoms with Gasteiger partial charge in [-0.2, -0.15) is 0 Å². The molecule has 4 heteroatoms. The van der Waals surface area contributed by atoms with Gasteiger partial charge in [0, 0.05) is 12.3 Å². The Kier molecular flexibility index (Phi) is 6.93. The van der Waals surface area contributed by atoms with Gasteiger partial charge >= 0.3 is 5.97 Å². The molecule has 0 saturated heterocycles. The Balaban J connectivity index is 1.46.